The fraction of sp³-hybridized carbons (Fsp3) is 0.381. The van der Waals surface area contributed by atoms with E-state index in [0.717, 1.165) is 16.9 Å². The molecule has 0 spiro atoms. The van der Waals surface area contributed by atoms with Crippen LogP contribution >= 0.6 is 11.6 Å². The van der Waals surface area contributed by atoms with E-state index in [1.807, 2.05) is 31.2 Å². The van der Waals surface area contributed by atoms with Crippen LogP contribution in [0.1, 0.15) is 29.7 Å². The summed E-state index contributed by atoms with van der Waals surface area (Å²) in [5.74, 6) is 0.795. The molecular weight excluding hydrogens is 382 g/mol. The highest BCUT2D eigenvalue weighted by Crippen LogP contribution is 2.34. The molecule has 0 aliphatic carbocycles. The molecule has 150 valence electrons. The van der Waals surface area contributed by atoms with Crippen LogP contribution in [0, 0.1) is 0 Å². The van der Waals surface area contributed by atoms with E-state index in [1.165, 1.54) is 0 Å². The van der Waals surface area contributed by atoms with E-state index in [-0.39, 0.29) is 0 Å². The van der Waals surface area contributed by atoms with Crippen LogP contribution in [-0.4, -0.2) is 52.6 Å². The Hall–Kier alpha value is -1.96. The molecule has 0 aromatic heterocycles. The summed E-state index contributed by atoms with van der Waals surface area (Å²) in [6.45, 7) is 2.53. The van der Waals surface area contributed by atoms with Gasteiger partial charge in [-0.2, -0.15) is 6.21 Å². The molecule has 6 nitrogen and oxygen atoms in total. The number of benzene rings is 2. The molecular formula is C21H23ClNO5-. The molecule has 0 saturated carbocycles. The molecule has 5 atom stereocenters. The van der Waals surface area contributed by atoms with Crippen LogP contribution < -0.4 is 4.74 Å². The van der Waals surface area contributed by atoms with Gasteiger partial charge in [-0.05, 0) is 48.2 Å². The zero-order valence-electron chi connectivity index (χ0n) is 15.4. The summed E-state index contributed by atoms with van der Waals surface area (Å²) in [5, 5.41) is 40.1. The molecule has 1 saturated heterocycles. The van der Waals surface area contributed by atoms with E-state index >= 15 is 0 Å². The number of rotatable bonds is 6. The summed E-state index contributed by atoms with van der Waals surface area (Å²) in [4.78, 5) is 0. The first kappa shape index (κ1) is 20.8. The van der Waals surface area contributed by atoms with Gasteiger partial charge >= 0.3 is 0 Å². The Kier molecular flexibility index (Phi) is 6.69. The second-order valence-electron chi connectivity index (χ2n) is 6.75. The highest BCUT2D eigenvalue weighted by atomic mass is 35.5. The zero-order valence-corrected chi connectivity index (χ0v) is 16.2. The molecule has 1 heterocycles. The second kappa shape index (κ2) is 9.03. The van der Waals surface area contributed by atoms with Crippen LogP contribution in [0.25, 0.3) is 5.41 Å². The Morgan fingerprint density at radius 1 is 1.07 bits per heavy atom. The third-order valence-electron chi connectivity index (χ3n) is 4.82. The van der Waals surface area contributed by atoms with Crippen LogP contribution in [0.2, 0.25) is 5.02 Å². The van der Waals surface area contributed by atoms with Gasteiger partial charge in [0.05, 0.1) is 12.7 Å². The second-order valence-corrected chi connectivity index (χ2v) is 7.15. The fourth-order valence-electron chi connectivity index (χ4n) is 3.30. The SMILES string of the molecule is CCOc1ccc(Cc2cc([C@@H]3O[C@H](C=[N-])[C@@H](O)[C@H](O)[C@H]3O)ccc2Cl)cc1. The maximum absolute atomic E-state index is 10.3. The lowest BCUT2D eigenvalue weighted by Gasteiger charge is -2.41. The number of nitrogens with zero attached hydrogens (tertiary/aromatic N) is 1. The van der Waals surface area contributed by atoms with Crippen molar-refractivity contribution in [2.75, 3.05) is 6.61 Å². The Bertz CT molecular complexity index is 813. The monoisotopic (exact) mass is 404 g/mol. The van der Waals surface area contributed by atoms with Crippen LogP contribution in [0.15, 0.2) is 42.5 Å². The topological polar surface area (TPSA) is 101 Å². The van der Waals surface area contributed by atoms with Crippen molar-refractivity contribution in [2.45, 2.75) is 43.9 Å². The summed E-state index contributed by atoms with van der Waals surface area (Å²) in [5.41, 5.74) is 2.45. The third kappa shape index (κ3) is 4.37. The molecule has 0 bridgehead atoms. The number of ether oxygens (including phenoxy) is 2. The molecule has 1 aliphatic rings. The lowest BCUT2D eigenvalue weighted by molar-refractivity contribution is -0.205. The van der Waals surface area contributed by atoms with Gasteiger partial charge in [0.25, 0.3) is 0 Å². The van der Waals surface area contributed by atoms with Gasteiger partial charge in [-0.15, -0.1) is 0 Å². The van der Waals surface area contributed by atoms with E-state index in [9.17, 15) is 20.7 Å². The zero-order chi connectivity index (χ0) is 20.3. The molecule has 0 unspecified atom stereocenters. The van der Waals surface area contributed by atoms with Crippen molar-refractivity contribution in [3.63, 3.8) is 0 Å². The molecule has 0 radical (unpaired) electrons. The average molecular weight is 405 g/mol. The minimum atomic E-state index is -1.45. The summed E-state index contributed by atoms with van der Waals surface area (Å²) in [7, 11) is 0. The minimum Gasteiger partial charge on any atom is -0.812 e. The Morgan fingerprint density at radius 2 is 1.79 bits per heavy atom. The molecule has 3 rings (SSSR count). The number of aliphatic hydroxyl groups is 3. The van der Waals surface area contributed by atoms with E-state index in [1.54, 1.807) is 18.2 Å². The Balaban J connectivity index is 1.83. The molecule has 3 N–H and O–H groups in total. The first-order valence-corrected chi connectivity index (χ1v) is 9.49. The van der Waals surface area contributed by atoms with E-state index < -0.39 is 30.5 Å². The molecule has 2 aromatic rings. The van der Waals surface area contributed by atoms with Gasteiger partial charge in [-0.25, -0.2) is 0 Å². The van der Waals surface area contributed by atoms with E-state index in [4.69, 9.17) is 21.1 Å². The normalized spacial score (nSPS) is 27.4. The first-order valence-electron chi connectivity index (χ1n) is 9.11. The van der Waals surface area contributed by atoms with E-state index in [0.29, 0.717) is 29.8 Å². The van der Waals surface area contributed by atoms with Crippen molar-refractivity contribution < 1.29 is 24.8 Å². The molecule has 2 aromatic carbocycles. The fourth-order valence-corrected chi connectivity index (χ4v) is 3.49. The van der Waals surface area contributed by atoms with Gasteiger partial charge in [-0.1, -0.05) is 35.9 Å². The molecule has 0 amide bonds. The quantitative estimate of drug-likeness (QED) is 0.642. The van der Waals surface area contributed by atoms with Gasteiger partial charge in [0.15, 0.2) is 0 Å². The molecule has 28 heavy (non-hydrogen) atoms. The van der Waals surface area contributed by atoms with Gasteiger partial charge in [0, 0.05) is 5.02 Å². The lowest BCUT2D eigenvalue weighted by Crippen LogP contribution is -2.54. The van der Waals surface area contributed by atoms with Gasteiger partial charge < -0.3 is 30.2 Å². The minimum absolute atomic E-state index is 0.558. The predicted octanol–water partition coefficient (Wildman–Crippen LogP) is 2.49. The van der Waals surface area contributed by atoms with Crippen LogP contribution in [0.3, 0.4) is 0 Å². The maximum atomic E-state index is 10.3. The first-order chi connectivity index (χ1) is 13.4. The number of hydrogen-bond donors (Lipinski definition) is 3. The third-order valence-corrected chi connectivity index (χ3v) is 5.19. The molecule has 1 fully saturated rings. The lowest BCUT2D eigenvalue weighted by atomic mass is 9.90. The average Bonchev–Trinajstić information content (AvgIpc) is 2.70. The molecule has 7 heteroatoms. The standard InChI is InChI=1S/C21H23ClNO5/c1-2-27-15-6-3-12(4-7-15)9-14-10-13(5-8-16(14)22)21-20(26)19(25)18(24)17(11-23)28-21/h3-8,10-11,17-21,24-26H,2,9H2,1H3/q-1/t17-,18-,19+,20-,21+/m1/s1. The van der Waals surface area contributed by atoms with Crippen LogP contribution in [0.4, 0.5) is 0 Å². The van der Waals surface area contributed by atoms with Crippen LogP contribution in [0.5, 0.6) is 5.75 Å². The van der Waals surface area contributed by atoms with Crippen molar-refractivity contribution in [1.82, 2.24) is 0 Å². The summed E-state index contributed by atoms with van der Waals surface area (Å²) < 4.78 is 11.0. The van der Waals surface area contributed by atoms with Gasteiger partial charge in [0.1, 0.15) is 30.2 Å². The van der Waals surface area contributed by atoms with Crippen LogP contribution in [-0.2, 0) is 11.2 Å². The predicted molar refractivity (Wildman–Crippen MR) is 107 cm³/mol. The van der Waals surface area contributed by atoms with Gasteiger partial charge in [-0.3, -0.25) is 0 Å². The van der Waals surface area contributed by atoms with Crippen molar-refractivity contribution >= 4 is 17.8 Å². The maximum Gasteiger partial charge on any atom is 0.119 e. The highest BCUT2D eigenvalue weighted by molar-refractivity contribution is 6.31. The van der Waals surface area contributed by atoms with Crippen molar-refractivity contribution in [3.8, 4) is 5.75 Å². The largest absolute Gasteiger partial charge is 0.812 e. The summed E-state index contributed by atoms with van der Waals surface area (Å²) in [6, 6.07) is 12.9. The smallest absolute Gasteiger partial charge is 0.119 e. The number of hydrogen-bond acceptors (Lipinski definition) is 5. The highest BCUT2D eigenvalue weighted by Gasteiger charge is 2.42. The number of halogens is 1. The van der Waals surface area contributed by atoms with Crippen molar-refractivity contribution in [1.29, 1.82) is 0 Å². The van der Waals surface area contributed by atoms with Gasteiger partial charge in [0.2, 0.25) is 0 Å². The summed E-state index contributed by atoms with van der Waals surface area (Å²) >= 11 is 6.35. The van der Waals surface area contributed by atoms with Crippen molar-refractivity contribution in [2.24, 2.45) is 0 Å². The van der Waals surface area contributed by atoms with Crippen molar-refractivity contribution in [3.05, 3.63) is 69.6 Å². The molecule has 1 aliphatic heterocycles. The summed E-state index contributed by atoms with van der Waals surface area (Å²) in [6.07, 6.45) is -4.99. The Morgan fingerprint density at radius 3 is 2.43 bits per heavy atom. The Labute approximate surface area is 168 Å². The van der Waals surface area contributed by atoms with E-state index in [2.05, 4.69) is 0 Å². The number of aliphatic hydroxyl groups excluding tert-OH is 3.